The van der Waals surface area contributed by atoms with Crippen molar-refractivity contribution in [1.29, 1.82) is 0 Å². The molecular weight excluding hydrogens is 465 g/mol. The van der Waals surface area contributed by atoms with Gasteiger partial charge in [-0.05, 0) is 56.5 Å². The first-order chi connectivity index (χ1) is 17.4. The summed E-state index contributed by atoms with van der Waals surface area (Å²) in [5.41, 5.74) is 4.34. The number of fused-ring (bicyclic) bond motifs is 3. The lowest BCUT2D eigenvalue weighted by Crippen LogP contribution is -2.20. The van der Waals surface area contributed by atoms with Gasteiger partial charge in [-0.2, -0.15) is 0 Å². The van der Waals surface area contributed by atoms with Gasteiger partial charge in [-0.25, -0.2) is 9.18 Å². The van der Waals surface area contributed by atoms with E-state index in [-0.39, 0.29) is 29.7 Å². The van der Waals surface area contributed by atoms with Gasteiger partial charge in [0.05, 0.1) is 46.3 Å². The molecule has 1 aliphatic rings. The average molecular weight is 498 g/mol. The van der Waals surface area contributed by atoms with Crippen LogP contribution in [0, 0.1) is 12.7 Å². The van der Waals surface area contributed by atoms with Crippen LogP contribution in [0.4, 0.5) is 4.39 Å². The van der Waals surface area contributed by atoms with E-state index < -0.39 is 11.8 Å². The van der Waals surface area contributed by atoms with Crippen LogP contribution in [0.1, 0.15) is 47.9 Å². The zero-order chi connectivity index (χ0) is 26.1. The first kappa shape index (κ1) is 25.4. The number of rotatable bonds is 8. The standard InChI is InChI=1S/C28H32FNO6/c1-8-17-12-16-13-21(33-5)22(34-6)14-19(16)26-24(28(31)36-9-2)23(15(3)30(17)26)18-10-11-20(32-4)27(35-7)25(18)29/h10-11,13-14,17H,8-9,12H2,1-7H3. The highest BCUT2D eigenvalue weighted by Gasteiger charge is 2.36. The van der Waals surface area contributed by atoms with E-state index in [2.05, 4.69) is 11.5 Å². The molecule has 0 bridgehead atoms. The first-order valence-corrected chi connectivity index (χ1v) is 11.9. The van der Waals surface area contributed by atoms with Crippen molar-refractivity contribution >= 4 is 5.97 Å². The van der Waals surface area contributed by atoms with Gasteiger partial charge in [0.25, 0.3) is 0 Å². The topological polar surface area (TPSA) is 68.2 Å². The predicted molar refractivity (Wildman–Crippen MR) is 135 cm³/mol. The van der Waals surface area contributed by atoms with E-state index in [0.717, 1.165) is 29.7 Å². The molecule has 0 radical (unpaired) electrons. The lowest BCUT2D eigenvalue weighted by molar-refractivity contribution is 0.0528. The molecule has 1 unspecified atom stereocenters. The number of hydrogen-bond acceptors (Lipinski definition) is 6. The fourth-order valence-electron chi connectivity index (χ4n) is 5.23. The Morgan fingerprint density at radius 1 is 0.972 bits per heavy atom. The number of carbonyl (C=O) groups excluding carboxylic acids is 1. The van der Waals surface area contributed by atoms with Gasteiger partial charge < -0.3 is 28.3 Å². The summed E-state index contributed by atoms with van der Waals surface area (Å²) in [7, 11) is 6.01. The fraction of sp³-hybridized carbons (Fsp3) is 0.393. The summed E-state index contributed by atoms with van der Waals surface area (Å²) in [4.78, 5) is 13.5. The van der Waals surface area contributed by atoms with E-state index >= 15 is 4.39 Å². The first-order valence-electron chi connectivity index (χ1n) is 11.9. The third kappa shape index (κ3) is 3.85. The summed E-state index contributed by atoms with van der Waals surface area (Å²) in [5.74, 6) is 0.292. The number of hydrogen-bond donors (Lipinski definition) is 0. The molecule has 1 atom stereocenters. The third-order valence-corrected chi connectivity index (χ3v) is 6.84. The second kappa shape index (κ2) is 10.1. The zero-order valence-corrected chi connectivity index (χ0v) is 21.8. The number of ether oxygens (including phenoxy) is 5. The normalized spacial score (nSPS) is 14.1. The molecule has 7 nitrogen and oxygen atoms in total. The lowest BCUT2D eigenvalue weighted by atomic mass is 9.89. The molecule has 2 aromatic carbocycles. The van der Waals surface area contributed by atoms with Crippen LogP contribution in [-0.2, 0) is 11.2 Å². The molecular formula is C28H32FNO6. The molecule has 1 aliphatic heterocycles. The van der Waals surface area contributed by atoms with Gasteiger partial charge >= 0.3 is 5.97 Å². The summed E-state index contributed by atoms with van der Waals surface area (Å²) < 4.78 is 45.2. The molecule has 3 aromatic rings. The van der Waals surface area contributed by atoms with Gasteiger partial charge in [-0.3, -0.25) is 0 Å². The number of aromatic nitrogens is 1. The number of halogens is 1. The molecule has 0 aliphatic carbocycles. The maximum atomic E-state index is 15.9. The van der Waals surface area contributed by atoms with Crippen molar-refractivity contribution in [1.82, 2.24) is 4.57 Å². The molecule has 4 rings (SSSR count). The van der Waals surface area contributed by atoms with Gasteiger partial charge in [-0.1, -0.05) is 6.92 Å². The molecule has 0 N–H and O–H groups in total. The highest BCUT2D eigenvalue weighted by Crippen LogP contribution is 2.50. The number of carbonyl (C=O) groups is 1. The number of benzene rings is 2. The van der Waals surface area contributed by atoms with E-state index in [1.165, 1.54) is 14.2 Å². The lowest BCUT2D eigenvalue weighted by Gasteiger charge is -2.30. The Balaban J connectivity index is 2.13. The third-order valence-electron chi connectivity index (χ3n) is 6.84. The van der Waals surface area contributed by atoms with Crippen LogP contribution in [0.3, 0.4) is 0 Å². The van der Waals surface area contributed by atoms with Crippen LogP contribution in [0.25, 0.3) is 22.4 Å². The zero-order valence-electron chi connectivity index (χ0n) is 21.8. The molecule has 0 amide bonds. The van der Waals surface area contributed by atoms with Crippen LogP contribution in [0.5, 0.6) is 23.0 Å². The number of esters is 1. The van der Waals surface area contributed by atoms with Crippen molar-refractivity contribution < 1.29 is 32.9 Å². The van der Waals surface area contributed by atoms with Crippen LogP contribution in [0.15, 0.2) is 24.3 Å². The number of methoxy groups -OCH3 is 4. The SMILES string of the molecule is CCOC(=O)c1c(-c2ccc(OC)c(OC)c2F)c(C)n2c1-c1cc(OC)c(OC)cc1CC2CC. The predicted octanol–water partition coefficient (Wildman–Crippen LogP) is 5.99. The Morgan fingerprint density at radius 2 is 1.64 bits per heavy atom. The van der Waals surface area contributed by atoms with E-state index in [9.17, 15) is 4.79 Å². The molecule has 192 valence electrons. The highest BCUT2D eigenvalue weighted by atomic mass is 19.1. The maximum Gasteiger partial charge on any atom is 0.340 e. The van der Waals surface area contributed by atoms with Gasteiger partial charge in [0.15, 0.2) is 28.8 Å². The number of nitrogens with zero attached hydrogens (tertiary/aromatic N) is 1. The molecule has 0 saturated heterocycles. The molecule has 0 spiro atoms. The highest BCUT2D eigenvalue weighted by molar-refractivity contribution is 6.06. The van der Waals surface area contributed by atoms with E-state index in [4.69, 9.17) is 23.7 Å². The molecule has 1 aromatic heterocycles. The van der Waals surface area contributed by atoms with Crippen LogP contribution < -0.4 is 18.9 Å². The van der Waals surface area contributed by atoms with Gasteiger partial charge in [0.1, 0.15) is 0 Å². The molecule has 36 heavy (non-hydrogen) atoms. The molecule has 8 heteroatoms. The van der Waals surface area contributed by atoms with Crippen molar-refractivity contribution in [3.8, 4) is 45.4 Å². The summed E-state index contributed by atoms with van der Waals surface area (Å²) in [6.45, 7) is 5.94. The van der Waals surface area contributed by atoms with Crippen molar-refractivity contribution in [3.05, 3.63) is 46.9 Å². The Labute approximate surface area is 210 Å². The summed E-state index contributed by atoms with van der Waals surface area (Å²) in [6, 6.07) is 7.14. The Morgan fingerprint density at radius 3 is 2.22 bits per heavy atom. The Kier molecular flexibility index (Phi) is 7.15. The van der Waals surface area contributed by atoms with Crippen LogP contribution >= 0.6 is 0 Å². The second-order valence-electron chi connectivity index (χ2n) is 8.57. The van der Waals surface area contributed by atoms with E-state index in [1.54, 1.807) is 33.3 Å². The Bertz CT molecular complexity index is 1310. The smallest absolute Gasteiger partial charge is 0.340 e. The largest absolute Gasteiger partial charge is 0.493 e. The van der Waals surface area contributed by atoms with Gasteiger partial charge in [-0.15, -0.1) is 0 Å². The van der Waals surface area contributed by atoms with Gasteiger partial charge in [0.2, 0.25) is 0 Å². The quantitative estimate of drug-likeness (QED) is 0.356. The van der Waals surface area contributed by atoms with Crippen LogP contribution in [-0.4, -0.2) is 45.6 Å². The average Bonchev–Trinajstić information content (AvgIpc) is 3.20. The molecule has 2 heterocycles. The molecule has 0 saturated carbocycles. The second-order valence-corrected chi connectivity index (χ2v) is 8.57. The van der Waals surface area contributed by atoms with Crippen molar-refractivity contribution in [2.45, 2.75) is 39.7 Å². The minimum atomic E-state index is -0.603. The maximum absolute atomic E-state index is 15.9. The fourth-order valence-corrected chi connectivity index (χ4v) is 5.23. The van der Waals surface area contributed by atoms with Crippen molar-refractivity contribution in [3.63, 3.8) is 0 Å². The monoisotopic (exact) mass is 497 g/mol. The summed E-state index contributed by atoms with van der Waals surface area (Å²) in [5, 5.41) is 0. The minimum Gasteiger partial charge on any atom is -0.493 e. The minimum absolute atomic E-state index is 0.0211. The molecule has 0 fully saturated rings. The Hall–Kier alpha value is -3.68. The van der Waals surface area contributed by atoms with E-state index in [0.29, 0.717) is 28.3 Å². The van der Waals surface area contributed by atoms with Crippen molar-refractivity contribution in [2.75, 3.05) is 35.0 Å². The van der Waals surface area contributed by atoms with Crippen LogP contribution in [0.2, 0.25) is 0 Å². The van der Waals surface area contributed by atoms with Crippen molar-refractivity contribution in [2.24, 2.45) is 0 Å². The van der Waals surface area contributed by atoms with E-state index in [1.807, 2.05) is 19.1 Å². The summed E-state index contributed by atoms with van der Waals surface area (Å²) in [6.07, 6.45) is 1.54. The summed E-state index contributed by atoms with van der Waals surface area (Å²) >= 11 is 0. The van der Waals surface area contributed by atoms with Gasteiger partial charge in [0, 0.05) is 28.4 Å².